The minimum Gasteiger partial charge on any atom is -0.352 e. The Morgan fingerprint density at radius 3 is 2.50 bits per heavy atom. The first-order valence-corrected chi connectivity index (χ1v) is 6.27. The zero-order valence-corrected chi connectivity index (χ0v) is 10.8. The Morgan fingerprint density at radius 1 is 1.50 bits per heavy atom. The van der Waals surface area contributed by atoms with Crippen molar-refractivity contribution in [3.05, 3.63) is 0 Å². The van der Waals surface area contributed by atoms with Crippen molar-refractivity contribution in [2.24, 2.45) is 11.1 Å². The second-order valence-corrected chi connectivity index (χ2v) is 4.91. The highest BCUT2D eigenvalue weighted by atomic mass is 16.2. The van der Waals surface area contributed by atoms with Gasteiger partial charge in [0.1, 0.15) is 0 Å². The number of nitrogens with zero attached hydrogens (tertiary/aromatic N) is 1. The second kappa shape index (κ2) is 5.64. The largest absolute Gasteiger partial charge is 0.352 e. The number of amides is 1. The quantitative estimate of drug-likeness (QED) is 0.722. The fourth-order valence-corrected chi connectivity index (χ4v) is 2.34. The van der Waals surface area contributed by atoms with Gasteiger partial charge in [-0.05, 0) is 32.9 Å². The van der Waals surface area contributed by atoms with Gasteiger partial charge in [-0.1, -0.05) is 13.8 Å². The van der Waals surface area contributed by atoms with Crippen LogP contribution in [0.1, 0.15) is 33.1 Å². The molecule has 1 aliphatic heterocycles. The molecule has 4 heteroatoms. The summed E-state index contributed by atoms with van der Waals surface area (Å²) in [5, 5.41) is 3.14. The first kappa shape index (κ1) is 13.5. The summed E-state index contributed by atoms with van der Waals surface area (Å²) < 4.78 is 0. The number of carbonyl (C=O) groups excluding carboxylic acids is 1. The number of hydrogen-bond acceptors (Lipinski definition) is 3. The Labute approximate surface area is 98.6 Å². The molecule has 1 fully saturated rings. The lowest BCUT2D eigenvalue weighted by molar-refractivity contribution is -0.131. The molecule has 0 spiro atoms. The molecule has 1 unspecified atom stereocenters. The topological polar surface area (TPSA) is 58.4 Å². The van der Waals surface area contributed by atoms with Crippen molar-refractivity contribution >= 4 is 5.91 Å². The summed E-state index contributed by atoms with van der Waals surface area (Å²) in [4.78, 5) is 14.5. The van der Waals surface area contributed by atoms with Gasteiger partial charge in [-0.15, -0.1) is 0 Å². The van der Waals surface area contributed by atoms with Crippen molar-refractivity contribution in [3.8, 4) is 0 Å². The lowest BCUT2D eigenvalue weighted by Gasteiger charge is -2.30. The Balaban J connectivity index is 2.55. The van der Waals surface area contributed by atoms with Crippen LogP contribution in [0.5, 0.6) is 0 Å². The van der Waals surface area contributed by atoms with Crippen LogP contribution in [0.4, 0.5) is 0 Å². The van der Waals surface area contributed by atoms with Crippen LogP contribution in [-0.4, -0.2) is 43.5 Å². The average molecular weight is 227 g/mol. The maximum absolute atomic E-state index is 12.2. The van der Waals surface area contributed by atoms with Crippen LogP contribution in [0.3, 0.4) is 0 Å². The highest BCUT2D eigenvalue weighted by molar-refractivity contribution is 5.83. The van der Waals surface area contributed by atoms with Crippen LogP contribution in [0.15, 0.2) is 0 Å². The van der Waals surface area contributed by atoms with E-state index in [1.54, 1.807) is 0 Å². The highest BCUT2D eigenvalue weighted by Gasteiger charge is 2.35. The molecule has 3 N–H and O–H groups in total. The molecule has 1 atom stereocenters. The van der Waals surface area contributed by atoms with Gasteiger partial charge < -0.3 is 16.0 Å². The third-order valence-corrected chi connectivity index (χ3v) is 3.95. The standard InChI is InChI=1S/C12H25N3O/c1-4-12(5-2,9-13)11(16)14-10-6-7-15(3)8-10/h10H,4-9,13H2,1-3H3,(H,14,16). The van der Waals surface area contributed by atoms with Gasteiger partial charge in [0.2, 0.25) is 5.91 Å². The first-order valence-electron chi connectivity index (χ1n) is 6.27. The van der Waals surface area contributed by atoms with E-state index in [1.165, 1.54) is 0 Å². The molecule has 0 aromatic carbocycles. The fourth-order valence-electron chi connectivity index (χ4n) is 2.34. The molecular formula is C12H25N3O. The third kappa shape index (κ3) is 2.74. The van der Waals surface area contributed by atoms with Gasteiger partial charge in [-0.25, -0.2) is 0 Å². The smallest absolute Gasteiger partial charge is 0.227 e. The van der Waals surface area contributed by atoms with Crippen LogP contribution >= 0.6 is 0 Å². The number of nitrogens with one attached hydrogen (secondary N) is 1. The molecular weight excluding hydrogens is 202 g/mol. The van der Waals surface area contributed by atoms with E-state index in [2.05, 4.69) is 17.3 Å². The summed E-state index contributed by atoms with van der Waals surface area (Å²) in [5.74, 6) is 0.139. The van der Waals surface area contributed by atoms with Crippen molar-refractivity contribution in [2.45, 2.75) is 39.2 Å². The minimum absolute atomic E-state index is 0.139. The van der Waals surface area contributed by atoms with E-state index in [0.29, 0.717) is 12.6 Å². The molecule has 94 valence electrons. The van der Waals surface area contributed by atoms with Crippen molar-refractivity contribution in [3.63, 3.8) is 0 Å². The number of rotatable bonds is 5. The maximum atomic E-state index is 12.2. The van der Waals surface area contributed by atoms with E-state index in [4.69, 9.17) is 5.73 Å². The Hall–Kier alpha value is -0.610. The molecule has 0 aromatic heterocycles. The van der Waals surface area contributed by atoms with Gasteiger partial charge in [-0.2, -0.15) is 0 Å². The van der Waals surface area contributed by atoms with Gasteiger partial charge in [-0.3, -0.25) is 4.79 Å². The molecule has 0 aliphatic carbocycles. The monoisotopic (exact) mass is 227 g/mol. The van der Waals surface area contributed by atoms with Gasteiger partial charge in [0.05, 0.1) is 5.41 Å². The van der Waals surface area contributed by atoms with E-state index < -0.39 is 0 Å². The molecule has 1 aliphatic rings. The summed E-state index contributed by atoms with van der Waals surface area (Å²) in [5.41, 5.74) is 5.40. The summed E-state index contributed by atoms with van der Waals surface area (Å²) >= 11 is 0. The van der Waals surface area contributed by atoms with Gasteiger partial charge in [0.15, 0.2) is 0 Å². The van der Waals surface area contributed by atoms with Crippen LogP contribution in [-0.2, 0) is 4.79 Å². The SMILES string of the molecule is CCC(CC)(CN)C(=O)NC1CCN(C)C1. The third-order valence-electron chi connectivity index (χ3n) is 3.95. The normalized spacial score (nSPS) is 22.4. The first-order chi connectivity index (χ1) is 7.57. The minimum atomic E-state index is -0.360. The molecule has 1 saturated heterocycles. The Morgan fingerprint density at radius 2 is 2.12 bits per heavy atom. The number of nitrogens with two attached hydrogens (primary N) is 1. The highest BCUT2D eigenvalue weighted by Crippen LogP contribution is 2.25. The zero-order valence-electron chi connectivity index (χ0n) is 10.8. The van der Waals surface area contributed by atoms with Crippen molar-refractivity contribution in [2.75, 3.05) is 26.7 Å². The molecule has 0 saturated carbocycles. The van der Waals surface area contributed by atoms with Crippen molar-refractivity contribution < 1.29 is 4.79 Å². The van der Waals surface area contributed by atoms with E-state index >= 15 is 0 Å². The predicted octanol–water partition coefficient (Wildman–Crippen LogP) is 0.572. The number of hydrogen-bond donors (Lipinski definition) is 2. The van der Waals surface area contributed by atoms with Crippen LogP contribution in [0.2, 0.25) is 0 Å². The molecule has 0 bridgehead atoms. The van der Waals surface area contributed by atoms with E-state index in [9.17, 15) is 4.79 Å². The summed E-state index contributed by atoms with van der Waals surface area (Å²) in [6.45, 7) is 6.54. The maximum Gasteiger partial charge on any atom is 0.227 e. The van der Waals surface area contributed by atoms with Gasteiger partial charge >= 0.3 is 0 Å². The summed E-state index contributed by atoms with van der Waals surface area (Å²) in [7, 11) is 2.09. The van der Waals surface area contributed by atoms with Crippen LogP contribution < -0.4 is 11.1 Å². The van der Waals surface area contributed by atoms with Crippen molar-refractivity contribution in [1.29, 1.82) is 0 Å². The van der Waals surface area contributed by atoms with E-state index in [1.807, 2.05) is 13.8 Å². The van der Waals surface area contributed by atoms with E-state index in [0.717, 1.165) is 32.4 Å². The zero-order chi connectivity index (χ0) is 12.2. The Kier molecular flexibility index (Phi) is 4.74. The van der Waals surface area contributed by atoms with Crippen molar-refractivity contribution in [1.82, 2.24) is 10.2 Å². The van der Waals surface area contributed by atoms with E-state index in [-0.39, 0.29) is 11.3 Å². The average Bonchev–Trinajstić information content (AvgIpc) is 2.67. The number of likely N-dealkylation sites (N-methyl/N-ethyl adjacent to an activating group) is 1. The molecule has 16 heavy (non-hydrogen) atoms. The number of likely N-dealkylation sites (tertiary alicyclic amines) is 1. The lowest BCUT2D eigenvalue weighted by atomic mass is 9.81. The van der Waals surface area contributed by atoms with Gasteiger partial charge in [0, 0.05) is 19.1 Å². The lowest BCUT2D eigenvalue weighted by Crippen LogP contribution is -2.49. The fraction of sp³-hybridized carbons (Fsp3) is 0.917. The molecule has 1 amide bonds. The molecule has 0 radical (unpaired) electrons. The van der Waals surface area contributed by atoms with Gasteiger partial charge in [0.25, 0.3) is 0 Å². The summed E-state index contributed by atoms with van der Waals surface area (Å²) in [6.07, 6.45) is 2.68. The second-order valence-electron chi connectivity index (χ2n) is 4.91. The molecule has 1 heterocycles. The van der Waals surface area contributed by atoms with Crippen LogP contribution in [0, 0.1) is 5.41 Å². The molecule has 0 aromatic rings. The predicted molar refractivity (Wildman–Crippen MR) is 66.1 cm³/mol. The summed E-state index contributed by atoms with van der Waals surface area (Å²) in [6, 6.07) is 0.307. The molecule has 4 nitrogen and oxygen atoms in total. The number of carbonyl (C=O) groups is 1. The molecule has 1 rings (SSSR count). The van der Waals surface area contributed by atoms with Crippen LogP contribution in [0.25, 0.3) is 0 Å². The Bertz CT molecular complexity index is 230.